The van der Waals surface area contributed by atoms with Crippen molar-refractivity contribution in [3.8, 4) is 0 Å². The smallest absolute Gasteiger partial charge is 0.321 e. The SMILES string of the molecule is CCOC(=O)CNS(=O)(=O)c1ccc(F)cc1Br. The molecule has 1 aromatic carbocycles. The molecule has 0 aliphatic rings. The third kappa shape index (κ3) is 4.04. The van der Waals surface area contributed by atoms with Gasteiger partial charge in [-0.3, -0.25) is 4.79 Å². The summed E-state index contributed by atoms with van der Waals surface area (Å²) in [7, 11) is -3.89. The van der Waals surface area contributed by atoms with E-state index in [1.165, 1.54) is 0 Å². The van der Waals surface area contributed by atoms with Crippen LogP contribution < -0.4 is 4.72 Å². The highest BCUT2D eigenvalue weighted by molar-refractivity contribution is 9.10. The topological polar surface area (TPSA) is 72.5 Å². The molecule has 0 aliphatic heterocycles. The van der Waals surface area contributed by atoms with Crippen molar-refractivity contribution in [2.75, 3.05) is 13.2 Å². The molecule has 0 radical (unpaired) electrons. The highest BCUT2D eigenvalue weighted by atomic mass is 79.9. The fourth-order valence-electron chi connectivity index (χ4n) is 1.14. The summed E-state index contributed by atoms with van der Waals surface area (Å²) >= 11 is 2.95. The molecule has 0 bridgehead atoms. The van der Waals surface area contributed by atoms with Crippen LogP contribution in [-0.4, -0.2) is 27.5 Å². The minimum Gasteiger partial charge on any atom is -0.465 e. The summed E-state index contributed by atoms with van der Waals surface area (Å²) in [5, 5.41) is 0. The van der Waals surface area contributed by atoms with E-state index in [9.17, 15) is 17.6 Å². The van der Waals surface area contributed by atoms with Gasteiger partial charge in [-0.25, -0.2) is 12.8 Å². The molecule has 0 aromatic heterocycles. The molecule has 0 saturated carbocycles. The van der Waals surface area contributed by atoms with E-state index in [2.05, 4.69) is 25.4 Å². The van der Waals surface area contributed by atoms with Gasteiger partial charge in [0.25, 0.3) is 0 Å². The molecule has 0 unspecified atom stereocenters. The number of esters is 1. The summed E-state index contributed by atoms with van der Waals surface area (Å²) in [5.74, 6) is -1.24. The summed E-state index contributed by atoms with van der Waals surface area (Å²) in [6.45, 7) is 1.31. The minimum atomic E-state index is -3.89. The minimum absolute atomic E-state index is 0.0823. The van der Waals surface area contributed by atoms with Gasteiger partial charge in [-0.1, -0.05) is 0 Å². The first kappa shape index (κ1) is 15.1. The first-order valence-corrected chi connectivity index (χ1v) is 7.24. The van der Waals surface area contributed by atoms with Gasteiger partial charge >= 0.3 is 5.97 Å². The molecule has 0 atom stereocenters. The Morgan fingerprint density at radius 3 is 2.72 bits per heavy atom. The van der Waals surface area contributed by atoms with Gasteiger partial charge in [0.1, 0.15) is 12.4 Å². The maximum Gasteiger partial charge on any atom is 0.321 e. The normalized spacial score (nSPS) is 11.3. The number of sulfonamides is 1. The van der Waals surface area contributed by atoms with Crippen molar-refractivity contribution in [1.82, 2.24) is 4.72 Å². The van der Waals surface area contributed by atoms with Gasteiger partial charge in [-0.05, 0) is 41.1 Å². The Balaban J connectivity index is 2.83. The molecule has 8 heteroatoms. The van der Waals surface area contributed by atoms with Crippen LogP contribution >= 0.6 is 15.9 Å². The molecule has 0 amide bonds. The molecule has 1 rings (SSSR count). The standard InChI is InChI=1S/C10H11BrFNO4S/c1-2-17-10(14)6-13-18(15,16)9-4-3-7(12)5-8(9)11/h3-5,13H,2,6H2,1H3. The lowest BCUT2D eigenvalue weighted by Crippen LogP contribution is -2.31. The first-order chi connectivity index (χ1) is 8.36. The summed E-state index contributed by atoms with van der Waals surface area (Å²) in [4.78, 5) is 10.9. The van der Waals surface area contributed by atoms with Crippen molar-refractivity contribution < 1.29 is 22.3 Å². The summed E-state index contributed by atoms with van der Waals surface area (Å²) in [6.07, 6.45) is 0. The largest absolute Gasteiger partial charge is 0.465 e. The first-order valence-electron chi connectivity index (χ1n) is 4.97. The van der Waals surface area contributed by atoms with Gasteiger partial charge in [-0.2, -0.15) is 4.72 Å². The van der Waals surface area contributed by atoms with Gasteiger partial charge < -0.3 is 4.74 Å². The number of halogens is 2. The van der Waals surface area contributed by atoms with E-state index in [1.54, 1.807) is 6.92 Å². The van der Waals surface area contributed by atoms with Crippen molar-refractivity contribution in [3.63, 3.8) is 0 Å². The lowest BCUT2D eigenvalue weighted by atomic mass is 10.3. The van der Waals surface area contributed by atoms with Crippen LogP contribution in [0.1, 0.15) is 6.92 Å². The number of carbonyl (C=O) groups excluding carboxylic acids is 1. The maximum atomic E-state index is 12.8. The number of carbonyl (C=O) groups is 1. The Bertz CT molecular complexity index is 547. The van der Waals surface area contributed by atoms with E-state index in [0.29, 0.717) is 0 Å². The third-order valence-electron chi connectivity index (χ3n) is 1.90. The second-order valence-corrected chi connectivity index (χ2v) is 5.79. The molecule has 100 valence electrons. The quantitative estimate of drug-likeness (QED) is 0.823. The molecule has 5 nitrogen and oxygen atoms in total. The number of hydrogen-bond acceptors (Lipinski definition) is 4. The number of nitrogens with one attached hydrogen (secondary N) is 1. The molecule has 0 saturated heterocycles. The van der Waals surface area contributed by atoms with E-state index in [1.807, 2.05) is 0 Å². The van der Waals surface area contributed by atoms with E-state index in [4.69, 9.17) is 0 Å². The summed E-state index contributed by atoms with van der Waals surface area (Å²) < 4.78 is 43.2. The highest BCUT2D eigenvalue weighted by Gasteiger charge is 2.19. The second-order valence-electron chi connectivity index (χ2n) is 3.20. The van der Waals surface area contributed by atoms with Crippen LogP contribution in [0, 0.1) is 5.82 Å². The molecule has 1 aromatic rings. The molecular formula is C10H11BrFNO4S. The van der Waals surface area contributed by atoms with Crippen LogP contribution in [0.3, 0.4) is 0 Å². The van der Waals surface area contributed by atoms with Crippen LogP contribution in [0.5, 0.6) is 0 Å². The molecule has 1 N–H and O–H groups in total. The Morgan fingerprint density at radius 1 is 1.50 bits per heavy atom. The summed E-state index contributed by atoms with van der Waals surface area (Å²) in [5.41, 5.74) is 0. The zero-order chi connectivity index (χ0) is 13.8. The molecule has 0 fully saturated rings. The third-order valence-corrected chi connectivity index (χ3v) is 4.27. The van der Waals surface area contributed by atoms with E-state index < -0.39 is 28.4 Å². The predicted molar refractivity (Wildman–Crippen MR) is 65.9 cm³/mol. The molecule has 0 heterocycles. The van der Waals surface area contributed by atoms with Crippen LogP contribution in [0.25, 0.3) is 0 Å². The second kappa shape index (κ2) is 6.26. The zero-order valence-electron chi connectivity index (χ0n) is 9.44. The predicted octanol–water partition coefficient (Wildman–Crippen LogP) is 1.43. The number of ether oxygens (including phenoxy) is 1. The average Bonchev–Trinajstić information content (AvgIpc) is 2.26. The van der Waals surface area contributed by atoms with E-state index >= 15 is 0 Å². The summed E-state index contributed by atoms with van der Waals surface area (Å²) in [6, 6.07) is 3.15. The molecule has 18 heavy (non-hydrogen) atoms. The highest BCUT2D eigenvalue weighted by Crippen LogP contribution is 2.22. The number of rotatable bonds is 5. The van der Waals surface area contributed by atoms with Gasteiger partial charge in [-0.15, -0.1) is 0 Å². The average molecular weight is 340 g/mol. The van der Waals surface area contributed by atoms with Crippen molar-refractivity contribution >= 4 is 31.9 Å². The monoisotopic (exact) mass is 339 g/mol. The Hall–Kier alpha value is -0.990. The maximum absolute atomic E-state index is 12.8. The van der Waals surface area contributed by atoms with Gasteiger partial charge in [0, 0.05) is 4.47 Å². The van der Waals surface area contributed by atoms with E-state index in [-0.39, 0.29) is 16.0 Å². The van der Waals surface area contributed by atoms with Crippen LogP contribution in [0.4, 0.5) is 4.39 Å². The van der Waals surface area contributed by atoms with Crippen molar-refractivity contribution in [1.29, 1.82) is 0 Å². The van der Waals surface area contributed by atoms with Crippen molar-refractivity contribution in [3.05, 3.63) is 28.5 Å². The van der Waals surface area contributed by atoms with Gasteiger partial charge in [0.2, 0.25) is 10.0 Å². The lowest BCUT2D eigenvalue weighted by molar-refractivity contribution is -0.141. The van der Waals surface area contributed by atoms with Crippen molar-refractivity contribution in [2.24, 2.45) is 0 Å². The van der Waals surface area contributed by atoms with Crippen molar-refractivity contribution in [2.45, 2.75) is 11.8 Å². The van der Waals surface area contributed by atoms with E-state index in [0.717, 1.165) is 18.2 Å². The number of hydrogen-bond donors (Lipinski definition) is 1. The zero-order valence-corrected chi connectivity index (χ0v) is 11.8. The molecular weight excluding hydrogens is 329 g/mol. The fourth-order valence-corrected chi connectivity index (χ4v) is 3.15. The Kier molecular flexibility index (Phi) is 5.24. The van der Waals surface area contributed by atoms with Crippen LogP contribution in [0.2, 0.25) is 0 Å². The van der Waals surface area contributed by atoms with Gasteiger partial charge in [0.05, 0.1) is 11.5 Å². The lowest BCUT2D eigenvalue weighted by Gasteiger charge is -2.08. The molecule has 0 aliphatic carbocycles. The fraction of sp³-hybridized carbons (Fsp3) is 0.300. The van der Waals surface area contributed by atoms with Gasteiger partial charge in [0.15, 0.2) is 0 Å². The molecule has 0 spiro atoms. The Labute approximate surface area is 113 Å². The van der Waals surface area contributed by atoms with Crippen LogP contribution in [0.15, 0.2) is 27.6 Å². The number of benzene rings is 1. The Morgan fingerprint density at radius 2 is 2.17 bits per heavy atom. The van der Waals surface area contributed by atoms with Crippen LogP contribution in [-0.2, 0) is 19.6 Å².